The zero-order chi connectivity index (χ0) is 15.6. The van der Waals surface area contributed by atoms with Crippen LogP contribution in [0.25, 0.3) is 0 Å². The van der Waals surface area contributed by atoms with Crippen molar-refractivity contribution < 1.29 is 9.90 Å². The number of thioether (sulfide) groups is 1. The number of amides is 1. The van der Waals surface area contributed by atoms with Crippen molar-refractivity contribution in [3.8, 4) is 0 Å². The molecule has 0 radical (unpaired) electrons. The Hall–Kier alpha value is -1.00. The maximum atomic E-state index is 12.8. The van der Waals surface area contributed by atoms with E-state index in [4.69, 9.17) is 0 Å². The Balaban J connectivity index is 1.70. The van der Waals surface area contributed by atoms with Crippen molar-refractivity contribution in [3.05, 3.63) is 35.9 Å². The lowest BCUT2D eigenvalue weighted by Crippen LogP contribution is -2.52. The molecule has 1 saturated heterocycles. The van der Waals surface area contributed by atoms with Gasteiger partial charge in [-0.25, -0.2) is 0 Å². The van der Waals surface area contributed by atoms with Gasteiger partial charge in [0.1, 0.15) is 0 Å². The van der Waals surface area contributed by atoms with Crippen molar-refractivity contribution in [3.63, 3.8) is 0 Å². The van der Waals surface area contributed by atoms with Crippen molar-refractivity contribution in [2.24, 2.45) is 0 Å². The number of hydrogen-bond donors (Lipinski definition) is 1. The van der Waals surface area contributed by atoms with Gasteiger partial charge in [-0.2, -0.15) is 11.8 Å². The molecule has 4 heteroatoms. The molecule has 0 aromatic heterocycles. The summed E-state index contributed by atoms with van der Waals surface area (Å²) in [5, 5.41) is 11.3. The third-order valence-corrected chi connectivity index (χ3v) is 6.34. The van der Waals surface area contributed by atoms with Crippen molar-refractivity contribution in [1.82, 2.24) is 4.90 Å². The Morgan fingerprint density at radius 1 is 1.32 bits per heavy atom. The van der Waals surface area contributed by atoms with Crippen molar-refractivity contribution >= 4 is 17.7 Å². The van der Waals surface area contributed by atoms with Crippen LogP contribution >= 0.6 is 11.8 Å². The molecule has 0 bridgehead atoms. The third kappa shape index (κ3) is 3.33. The molecule has 1 N–H and O–H groups in total. The summed E-state index contributed by atoms with van der Waals surface area (Å²) in [4.78, 5) is 14.9. The van der Waals surface area contributed by atoms with Crippen molar-refractivity contribution in [2.45, 2.75) is 55.9 Å². The molecule has 1 aromatic rings. The first-order chi connectivity index (χ1) is 10.6. The van der Waals surface area contributed by atoms with Gasteiger partial charge >= 0.3 is 0 Å². The highest BCUT2D eigenvalue weighted by molar-refractivity contribution is 8.00. The summed E-state index contributed by atoms with van der Waals surface area (Å²) in [7, 11) is 0. The Kier molecular flexibility index (Phi) is 4.79. The van der Waals surface area contributed by atoms with Crippen LogP contribution in [0.5, 0.6) is 0 Å². The molecule has 2 fully saturated rings. The fraction of sp³-hybridized carbons (Fsp3) is 0.611. The average Bonchev–Trinajstić information content (AvgIpc) is 2.54. The maximum absolute atomic E-state index is 12.8. The Morgan fingerprint density at radius 3 is 2.82 bits per heavy atom. The lowest BCUT2D eigenvalue weighted by Gasteiger charge is -2.44. The monoisotopic (exact) mass is 319 g/mol. The quantitative estimate of drug-likeness (QED) is 0.930. The van der Waals surface area contributed by atoms with Gasteiger partial charge < -0.3 is 10.0 Å². The van der Waals surface area contributed by atoms with Crippen molar-refractivity contribution in [2.75, 3.05) is 12.3 Å². The fourth-order valence-corrected chi connectivity index (χ4v) is 5.14. The molecule has 0 spiro atoms. The fourth-order valence-electron chi connectivity index (χ4n) is 3.70. The summed E-state index contributed by atoms with van der Waals surface area (Å²) in [5.41, 5.74) is -0.275. The second-order valence-electron chi connectivity index (χ2n) is 6.66. The van der Waals surface area contributed by atoms with E-state index in [9.17, 15) is 9.90 Å². The van der Waals surface area contributed by atoms with Crippen LogP contribution in [-0.2, 0) is 10.4 Å². The number of benzene rings is 1. The summed E-state index contributed by atoms with van der Waals surface area (Å²) in [6.45, 7) is 2.58. The van der Waals surface area contributed by atoms with Crippen LogP contribution in [0.15, 0.2) is 30.3 Å². The van der Waals surface area contributed by atoms with E-state index in [0.717, 1.165) is 24.3 Å². The molecule has 1 heterocycles. The average molecular weight is 319 g/mol. The molecular weight excluding hydrogens is 294 g/mol. The molecular formula is C18H25NO2S. The van der Waals surface area contributed by atoms with E-state index < -0.39 is 5.60 Å². The normalized spacial score (nSPS) is 27.8. The topological polar surface area (TPSA) is 40.5 Å². The van der Waals surface area contributed by atoms with Crippen LogP contribution in [0.1, 0.15) is 44.6 Å². The second kappa shape index (κ2) is 6.63. The first-order valence-electron chi connectivity index (χ1n) is 8.27. The van der Waals surface area contributed by atoms with E-state index in [1.807, 2.05) is 42.1 Å². The zero-order valence-corrected chi connectivity index (χ0v) is 14.0. The lowest BCUT2D eigenvalue weighted by molar-refractivity contribution is -0.139. The van der Waals surface area contributed by atoms with Gasteiger partial charge in [0.05, 0.1) is 12.0 Å². The summed E-state index contributed by atoms with van der Waals surface area (Å²) in [6, 6.07) is 9.90. The maximum Gasteiger partial charge on any atom is 0.226 e. The highest BCUT2D eigenvalue weighted by atomic mass is 32.2. The van der Waals surface area contributed by atoms with E-state index in [-0.39, 0.29) is 12.3 Å². The van der Waals surface area contributed by atoms with Gasteiger partial charge in [0, 0.05) is 23.6 Å². The van der Waals surface area contributed by atoms with Crippen LogP contribution in [0.2, 0.25) is 0 Å². The standard InChI is InChI=1S/C18H25NO2S/c1-18(21,14-7-3-2-4-8-14)13-17(20)19-11-12-22-16-10-6-5-9-15(16)19/h2-4,7-8,15-16,21H,5-6,9-13H2,1H3. The van der Waals surface area contributed by atoms with E-state index in [2.05, 4.69) is 4.90 Å². The Morgan fingerprint density at radius 2 is 2.05 bits per heavy atom. The zero-order valence-electron chi connectivity index (χ0n) is 13.2. The molecule has 3 unspecified atom stereocenters. The van der Waals surface area contributed by atoms with Crippen LogP contribution in [0.4, 0.5) is 0 Å². The molecule has 2 aliphatic rings. The van der Waals surface area contributed by atoms with E-state index >= 15 is 0 Å². The number of rotatable bonds is 3. The Bertz CT molecular complexity index is 515. The molecule has 1 saturated carbocycles. The van der Waals surface area contributed by atoms with Gasteiger partial charge in [0.25, 0.3) is 0 Å². The molecule has 22 heavy (non-hydrogen) atoms. The predicted octanol–water partition coefficient (Wildman–Crippen LogP) is 3.17. The third-order valence-electron chi connectivity index (χ3n) is 4.94. The number of nitrogens with zero attached hydrogens (tertiary/aromatic N) is 1. The molecule has 1 amide bonds. The van der Waals surface area contributed by atoms with E-state index in [1.54, 1.807) is 6.92 Å². The number of aliphatic hydroxyl groups is 1. The Labute approximate surface area is 137 Å². The summed E-state index contributed by atoms with van der Waals surface area (Å²) >= 11 is 2.03. The molecule has 3 nitrogen and oxygen atoms in total. The smallest absolute Gasteiger partial charge is 0.226 e. The summed E-state index contributed by atoms with van der Waals surface area (Å²) in [5.74, 6) is 1.13. The minimum absolute atomic E-state index is 0.103. The van der Waals surface area contributed by atoms with Gasteiger partial charge in [0.15, 0.2) is 0 Å². The molecule has 1 aliphatic carbocycles. The SMILES string of the molecule is CC(O)(CC(=O)N1CCSC2CCCCC21)c1ccccc1. The molecule has 3 rings (SSSR count). The summed E-state index contributed by atoms with van der Waals surface area (Å²) in [6.07, 6.45) is 5.04. The number of carbonyl (C=O) groups is 1. The highest BCUT2D eigenvalue weighted by Gasteiger charge is 2.38. The first kappa shape index (κ1) is 15.9. The largest absolute Gasteiger partial charge is 0.385 e. The molecule has 1 aromatic carbocycles. The summed E-state index contributed by atoms with van der Waals surface area (Å²) < 4.78 is 0. The number of hydrogen-bond acceptors (Lipinski definition) is 3. The van der Waals surface area contributed by atoms with Crippen LogP contribution in [0, 0.1) is 0 Å². The molecule has 1 aliphatic heterocycles. The van der Waals surface area contributed by atoms with Crippen molar-refractivity contribution in [1.29, 1.82) is 0 Å². The lowest BCUT2D eigenvalue weighted by atomic mass is 9.89. The van der Waals surface area contributed by atoms with Gasteiger partial charge in [-0.3, -0.25) is 4.79 Å². The number of carbonyl (C=O) groups excluding carboxylic acids is 1. The minimum Gasteiger partial charge on any atom is -0.385 e. The van der Waals surface area contributed by atoms with Gasteiger partial charge in [-0.05, 0) is 25.3 Å². The number of fused-ring (bicyclic) bond motifs is 1. The van der Waals surface area contributed by atoms with Gasteiger partial charge in [-0.1, -0.05) is 43.2 Å². The van der Waals surface area contributed by atoms with Gasteiger partial charge in [-0.15, -0.1) is 0 Å². The predicted molar refractivity (Wildman–Crippen MR) is 90.8 cm³/mol. The van der Waals surface area contributed by atoms with E-state index in [0.29, 0.717) is 11.3 Å². The van der Waals surface area contributed by atoms with E-state index in [1.165, 1.54) is 19.3 Å². The van der Waals surface area contributed by atoms with Crippen LogP contribution in [0.3, 0.4) is 0 Å². The molecule has 120 valence electrons. The second-order valence-corrected chi connectivity index (χ2v) is 8.01. The highest BCUT2D eigenvalue weighted by Crippen LogP contribution is 2.36. The molecule has 3 atom stereocenters. The van der Waals surface area contributed by atoms with Gasteiger partial charge in [0.2, 0.25) is 5.91 Å². The van der Waals surface area contributed by atoms with Crippen LogP contribution in [-0.4, -0.2) is 39.5 Å². The van der Waals surface area contributed by atoms with Crippen LogP contribution < -0.4 is 0 Å². The minimum atomic E-state index is -1.09. The first-order valence-corrected chi connectivity index (χ1v) is 9.32.